The number of hydrogen-bond donors (Lipinski definition) is 2. The molecule has 2 aliphatic heterocycles. The van der Waals surface area contributed by atoms with Crippen molar-refractivity contribution < 1.29 is 9.53 Å². The van der Waals surface area contributed by atoms with Gasteiger partial charge in [0.15, 0.2) is 0 Å². The first-order valence-electron chi connectivity index (χ1n) is 9.67. The lowest BCUT2D eigenvalue weighted by Gasteiger charge is -2.49. The van der Waals surface area contributed by atoms with E-state index in [1.165, 1.54) is 11.1 Å². The van der Waals surface area contributed by atoms with Crippen LogP contribution in [-0.4, -0.2) is 37.0 Å². The fourth-order valence-electron chi connectivity index (χ4n) is 4.96. The van der Waals surface area contributed by atoms with Crippen molar-refractivity contribution in [2.45, 2.75) is 49.6 Å². The number of piperidine rings is 1. The summed E-state index contributed by atoms with van der Waals surface area (Å²) >= 11 is 1.67. The number of methoxy groups -OCH3 is 1. The maximum Gasteiger partial charge on any atom is 0.234 e. The van der Waals surface area contributed by atoms with Crippen molar-refractivity contribution in [2.75, 3.05) is 13.7 Å². The molecular weight excluding hydrogens is 344 g/mol. The molecule has 6 atom stereocenters. The molecule has 2 N–H and O–H groups in total. The minimum Gasteiger partial charge on any atom is -0.381 e. The third kappa shape index (κ3) is 3.21. The van der Waals surface area contributed by atoms with Crippen LogP contribution < -0.4 is 10.6 Å². The second-order valence-corrected chi connectivity index (χ2v) is 8.61. The predicted octanol–water partition coefficient (Wildman–Crippen LogP) is 3.05. The number of thioether (sulfide) groups is 1. The molecule has 3 aliphatic rings. The first-order valence-corrected chi connectivity index (χ1v) is 10.6. The Balaban J connectivity index is 1.64. The van der Waals surface area contributed by atoms with Crippen LogP contribution in [0.3, 0.4) is 0 Å². The van der Waals surface area contributed by atoms with Crippen molar-refractivity contribution in [1.82, 2.24) is 10.6 Å². The van der Waals surface area contributed by atoms with Crippen molar-refractivity contribution in [3.05, 3.63) is 46.9 Å². The SMILES string of the molecule is CCNCc1ccc(C2C(OC)CCC3NC(=O)C4SC=CC4C32)cc1. The molecule has 2 heterocycles. The van der Waals surface area contributed by atoms with Gasteiger partial charge < -0.3 is 15.4 Å². The molecule has 1 aromatic carbocycles. The van der Waals surface area contributed by atoms with E-state index in [0.717, 1.165) is 25.9 Å². The summed E-state index contributed by atoms with van der Waals surface area (Å²) in [5.41, 5.74) is 2.65. The van der Waals surface area contributed by atoms with E-state index in [4.69, 9.17) is 4.74 Å². The number of hydrogen-bond acceptors (Lipinski definition) is 4. The molecule has 4 nitrogen and oxygen atoms in total. The summed E-state index contributed by atoms with van der Waals surface area (Å²) in [6.07, 6.45) is 4.48. The van der Waals surface area contributed by atoms with E-state index in [1.807, 2.05) is 7.11 Å². The number of rotatable bonds is 5. The maximum absolute atomic E-state index is 12.5. The zero-order chi connectivity index (χ0) is 18.1. The van der Waals surface area contributed by atoms with Gasteiger partial charge in [0.25, 0.3) is 0 Å². The van der Waals surface area contributed by atoms with Gasteiger partial charge in [0, 0.05) is 31.5 Å². The average Bonchev–Trinajstić information content (AvgIpc) is 3.17. The highest BCUT2D eigenvalue weighted by Gasteiger charge is 2.52. The minimum atomic E-state index is 0.0300. The van der Waals surface area contributed by atoms with Crippen molar-refractivity contribution in [3.8, 4) is 0 Å². The minimum absolute atomic E-state index is 0.0300. The third-order valence-corrected chi connectivity index (χ3v) is 7.33. The fourth-order valence-corrected chi connectivity index (χ4v) is 6.05. The van der Waals surface area contributed by atoms with E-state index in [2.05, 4.69) is 53.3 Å². The van der Waals surface area contributed by atoms with Crippen LogP contribution >= 0.6 is 11.8 Å². The Hall–Kier alpha value is -1.30. The monoisotopic (exact) mass is 372 g/mol. The van der Waals surface area contributed by atoms with Gasteiger partial charge in [-0.2, -0.15) is 0 Å². The first-order chi connectivity index (χ1) is 12.7. The molecule has 4 rings (SSSR count). The summed E-state index contributed by atoms with van der Waals surface area (Å²) in [5.74, 6) is 1.25. The number of ether oxygens (including phenoxy) is 1. The normalized spacial score (nSPS) is 35.7. The van der Waals surface area contributed by atoms with Gasteiger partial charge in [-0.1, -0.05) is 37.3 Å². The van der Waals surface area contributed by atoms with Gasteiger partial charge in [0.05, 0.1) is 11.4 Å². The van der Waals surface area contributed by atoms with Gasteiger partial charge in [-0.05, 0) is 41.8 Å². The number of allylic oxidation sites excluding steroid dienone is 1. The van der Waals surface area contributed by atoms with Crippen LogP contribution in [0.25, 0.3) is 0 Å². The van der Waals surface area contributed by atoms with E-state index < -0.39 is 0 Å². The lowest BCUT2D eigenvalue weighted by molar-refractivity contribution is -0.127. The van der Waals surface area contributed by atoms with Crippen LogP contribution in [0.1, 0.15) is 36.8 Å². The molecule has 26 heavy (non-hydrogen) atoms. The van der Waals surface area contributed by atoms with Gasteiger partial charge in [-0.25, -0.2) is 0 Å². The van der Waals surface area contributed by atoms with Crippen LogP contribution in [0, 0.1) is 11.8 Å². The highest BCUT2D eigenvalue weighted by molar-refractivity contribution is 8.03. The number of carbonyl (C=O) groups is 1. The van der Waals surface area contributed by atoms with E-state index in [0.29, 0.717) is 17.8 Å². The Bertz CT molecular complexity index is 675. The third-order valence-electron chi connectivity index (χ3n) is 6.19. The quantitative estimate of drug-likeness (QED) is 0.834. The highest BCUT2D eigenvalue weighted by Crippen LogP contribution is 2.50. The van der Waals surface area contributed by atoms with E-state index in [-0.39, 0.29) is 23.3 Å². The Morgan fingerprint density at radius 3 is 2.81 bits per heavy atom. The largest absolute Gasteiger partial charge is 0.381 e. The lowest BCUT2D eigenvalue weighted by atomic mass is 9.63. The molecule has 1 aliphatic carbocycles. The van der Waals surface area contributed by atoms with Crippen molar-refractivity contribution in [2.24, 2.45) is 11.8 Å². The predicted molar refractivity (Wildman–Crippen MR) is 106 cm³/mol. The molecule has 0 spiro atoms. The lowest BCUT2D eigenvalue weighted by Crippen LogP contribution is -2.59. The van der Waals surface area contributed by atoms with E-state index >= 15 is 0 Å². The van der Waals surface area contributed by atoms with Crippen molar-refractivity contribution >= 4 is 17.7 Å². The summed E-state index contributed by atoms with van der Waals surface area (Å²) in [4.78, 5) is 12.5. The van der Waals surface area contributed by atoms with E-state index in [1.54, 1.807) is 11.8 Å². The average molecular weight is 373 g/mol. The van der Waals surface area contributed by atoms with Gasteiger partial charge in [-0.3, -0.25) is 4.79 Å². The molecule has 1 saturated carbocycles. The molecule has 1 amide bonds. The van der Waals surface area contributed by atoms with Gasteiger partial charge in [0.2, 0.25) is 5.91 Å². The molecule has 2 fully saturated rings. The Morgan fingerprint density at radius 1 is 1.27 bits per heavy atom. The molecular formula is C21H28N2O2S. The van der Waals surface area contributed by atoms with Crippen LogP contribution in [0.2, 0.25) is 0 Å². The van der Waals surface area contributed by atoms with Crippen molar-refractivity contribution in [1.29, 1.82) is 0 Å². The number of amides is 1. The number of benzene rings is 1. The zero-order valence-corrected chi connectivity index (χ0v) is 16.3. The molecule has 0 radical (unpaired) electrons. The highest BCUT2D eigenvalue weighted by atomic mass is 32.2. The van der Waals surface area contributed by atoms with Crippen LogP contribution in [0.15, 0.2) is 35.7 Å². The first kappa shape index (κ1) is 18.1. The molecule has 1 aromatic rings. The Kier molecular flexibility index (Phi) is 5.39. The van der Waals surface area contributed by atoms with Crippen LogP contribution in [-0.2, 0) is 16.1 Å². The summed E-state index contributed by atoms with van der Waals surface area (Å²) in [5, 5.41) is 8.83. The number of nitrogens with one attached hydrogen (secondary N) is 2. The standard InChI is InChI=1S/C21H28N2O2S/c1-3-22-12-13-4-6-14(7-5-13)18-17(25-2)9-8-16-19(18)15-10-11-26-20(15)21(24)23-16/h4-7,10-11,15-20,22H,3,8-9,12H2,1-2H3,(H,23,24). The van der Waals surface area contributed by atoms with E-state index in [9.17, 15) is 4.79 Å². The number of carbonyl (C=O) groups excluding carboxylic acids is 1. The Morgan fingerprint density at radius 2 is 2.08 bits per heavy atom. The smallest absolute Gasteiger partial charge is 0.234 e. The second kappa shape index (κ2) is 7.75. The van der Waals surface area contributed by atoms with Gasteiger partial charge in [0.1, 0.15) is 0 Å². The van der Waals surface area contributed by atoms with Crippen LogP contribution in [0.5, 0.6) is 0 Å². The Labute approximate surface area is 160 Å². The molecule has 0 bridgehead atoms. The van der Waals surface area contributed by atoms with Gasteiger partial charge in [-0.15, -0.1) is 11.8 Å². The topological polar surface area (TPSA) is 50.4 Å². The summed E-state index contributed by atoms with van der Waals surface area (Å²) in [6.45, 7) is 4.01. The summed E-state index contributed by atoms with van der Waals surface area (Å²) in [6, 6.07) is 9.25. The molecule has 5 heteroatoms. The molecule has 1 saturated heterocycles. The maximum atomic E-state index is 12.5. The zero-order valence-electron chi connectivity index (χ0n) is 15.5. The summed E-state index contributed by atoms with van der Waals surface area (Å²) in [7, 11) is 1.83. The molecule has 0 aromatic heterocycles. The molecule has 6 unspecified atom stereocenters. The molecule has 140 valence electrons. The fraction of sp³-hybridized carbons (Fsp3) is 0.571. The second-order valence-electron chi connectivity index (χ2n) is 7.55. The van der Waals surface area contributed by atoms with Crippen LogP contribution in [0.4, 0.5) is 0 Å². The van der Waals surface area contributed by atoms with Gasteiger partial charge >= 0.3 is 0 Å². The number of fused-ring (bicyclic) bond motifs is 3. The van der Waals surface area contributed by atoms with Crippen molar-refractivity contribution in [3.63, 3.8) is 0 Å². The summed E-state index contributed by atoms with van der Waals surface area (Å²) < 4.78 is 5.92.